The summed E-state index contributed by atoms with van der Waals surface area (Å²) in [4.78, 5) is 4.10. The zero-order valence-corrected chi connectivity index (χ0v) is 8.88. The molecule has 2 aromatic heterocycles. The molecule has 0 aliphatic heterocycles. The van der Waals surface area contributed by atoms with E-state index in [1.165, 1.54) is 0 Å². The van der Waals surface area contributed by atoms with Crippen LogP contribution < -0.4 is 5.73 Å². The summed E-state index contributed by atoms with van der Waals surface area (Å²) in [7, 11) is 0. The number of aryl methyl sites for hydroxylation is 1. The van der Waals surface area contributed by atoms with E-state index in [1.807, 2.05) is 19.4 Å². The Morgan fingerprint density at radius 3 is 2.87 bits per heavy atom. The lowest BCUT2D eigenvalue weighted by Crippen LogP contribution is -2.09. The van der Waals surface area contributed by atoms with Crippen molar-refractivity contribution in [2.45, 2.75) is 26.9 Å². The second kappa shape index (κ2) is 3.72. The Hall–Kier alpha value is -1.85. The summed E-state index contributed by atoms with van der Waals surface area (Å²) in [5, 5.41) is 7.78. The third kappa shape index (κ3) is 1.70. The van der Waals surface area contributed by atoms with Crippen molar-refractivity contribution in [1.29, 1.82) is 0 Å². The van der Waals surface area contributed by atoms with Crippen LogP contribution in [0.3, 0.4) is 0 Å². The lowest BCUT2D eigenvalue weighted by molar-refractivity contribution is 0.591. The molecule has 0 radical (unpaired) electrons. The van der Waals surface area contributed by atoms with E-state index in [-0.39, 0.29) is 0 Å². The van der Waals surface area contributed by atoms with Crippen LogP contribution in [0, 0.1) is 6.92 Å². The molecule has 2 heterocycles. The summed E-state index contributed by atoms with van der Waals surface area (Å²) in [5.74, 6) is 0.484. The van der Waals surface area contributed by atoms with E-state index < -0.39 is 0 Å². The van der Waals surface area contributed by atoms with Crippen molar-refractivity contribution in [1.82, 2.24) is 24.5 Å². The van der Waals surface area contributed by atoms with E-state index in [1.54, 1.807) is 4.68 Å². The molecule has 0 fully saturated rings. The molecule has 0 saturated carbocycles. The van der Waals surface area contributed by atoms with Gasteiger partial charge in [-0.15, -0.1) is 5.10 Å². The summed E-state index contributed by atoms with van der Waals surface area (Å²) < 4.78 is 3.84. The van der Waals surface area contributed by atoms with Gasteiger partial charge in [0, 0.05) is 6.54 Å². The fourth-order valence-electron chi connectivity index (χ4n) is 1.44. The van der Waals surface area contributed by atoms with Crippen molar-refractivity contribution in [3.05, 3.63) is 23.9 Å². The van der Waals surface area contributed by atoms with Gasteiger partial charge >= 0.3 is 0 Å². The SMILES string of the molecule is CCn1cncc1Cn1nnc(N)c1C. The molecule has 6 nitrogen and oxygen atoms in total. The van der Waals surface area contributed by atoms with Gasteiger partial charge < -0.3 is 10.3 Å². The van der Waals surface area contributed by atoms with E-state index >= 15 is 0 Å². The Kier molecular flexibility index (Phi) is 2.40. The minimum atomic E-state index is 0.484. The number of hydrogen-bond acceptors (Lipinski definition) is 4. The molecule has 0 aliphatic rings. The molecular formula is C9H14N6. The maximum Gasteiger partial charge on any atom is 0.168 e. The Balaban J connectivity index is 2.25. The first-order chi connectivity index (χ1) is 7.22. The smallest absolute Gasteiger partial charge is 0.168 e. The van der Waals surface area contributed by atoms with Gasteiger partial charge in [0.15, 0.2) is 5.82 Å². The van der Waals surface area contributed by atoms with Crippen LogP contribution in [0.1, 0.15) is 18.3 Å². The first kappa shape index (κ1) is 9.70. The molecule has 0 saturated heterocycles. The number of nitrogens with two attached hydrogens (primary N) is 1. The monoisotopic (exact) mass is 206 g/mol. The molecule has 0 aliphatic carbocycles. The van der Waals surface area contributed by atoms with Gasteiger partial charge in [-0.05, 0) is 13.8 Å². The number of aromatic nitrogens is 5. The van der Waals surface area contributed by atoms with E-state index in [0.29, 0.717) is 12.4 Å². The molecule has 0 unspecified atom stereocenters. The summed E-state index contributed by atoms with van der Waals surface area (Å²) >= 11 is 0. The van der Waals surface area contributed by atoms with Gasteiger partial charge in [0.2, 0.25) is 0 Å². The maximum atomic E-state index is 5.62. The molecule has 80 valence electrons. The largest absolute Gasteiger partial charge is 0.381 e. The van der Waals surface area contributed by atoms with Crippen LogP contribution in [0.4, 0.5) is 5.82 Å². The van der Waals surface area contributed by atoms with Crippen LogP contribution in [0.2, 0.25) is 0 Å². The number of imidazole rings is 1. The molecule has 2 rings (SSSR count). The molecule has 15 heavy (non-hydrogen) atoms. The van der Waals surface area contributed by atoms with E-state index in [2.05, 4.69) is 26.8 Å². The predicted octanol–water partition coefficient (Wildman–Crippen LogP) is 0.433. The molecule has 0 bridgehead atoms. The number of rotatable bonds is 3. The number of nitrogens with zero attached hydrogens (tertiary/aromatic N) is 5. The van der Waals surface area contributed by atoms with Gasteiger partial charge in [0.1, 0.15) is 0 Å². The second-order valence-electron chi connectivity index (χ2n) is 3.39. The molecule has 2 N–H and O–H groups in total. The minimum absolute atomic E-state index is 0.484. The summed E-state index contributed by atoms with van der Waals surface area (Å²) in [6.07, 6.45) is 3.64. The van der Waals surface area contributed by atoms with Gasteiger partial charge in [-0.25, -0.2) is 9.67 Å². The average Bonchev–Trinajstić information content (AvgIpc) is 2.80. The van der Waals surface area contributed by atoms with E-state index in [9.17, 15) is 0 Å². The highest BCUT2D eigenvalue weighted by molar-refractivity contribution is 5.31. The quantitative estimate of drug-likeness (QED) is 0.790. The van der Waals surface area contributed by atoms with Gasteiger partial charge in [-0.3, -0.25) is 0 Å². The Morgan fingerprint density at radius 2 is 2.27 bits per heavy atom. The van der Waals surface area contributed by atoms with Crippen molar-refractivity contribution < 1.29 is 0 Å². The third-order valence-corrected chi connectivity index (χ3v) is 2.47. The van der Waals surface area contributed by atoms with E-state index in [4.69, 9.17) is 5.73 Å². The number of anilines is 1. The van der Waals surface area contributed by atoms with Crippen LogP contribution in [-0.2, 0) is 13.1 Å². The lowest BCUT2D eigenvalue weighted by atomic mass is 10.4. The standard InChI is InChI=1S/C9H14N6/c1-3-14-6-11-4-8(14)5-15-7(2)9(10)12-13-15/h4,6H,3,5,10H2,1-2H3. The van der Waals surface area contributed by atoms with Crippen molar-refractivity contribution in [2.24, 2.45) is 0 Å². The highest BCUT2D eigenvalue weighted by Crippen LogP contribution is 2.08. The van der Waals surface area contributed by atoms with Crippen molar-refractivity contribution in [2.75, 3.05) is 5.73 Å². The highest BCUT2D eigenvalue weighted by Gasteiger charge is 2.07. The van der Waals surface area contributed by atoms with Gasteiger partial charge in [-0.2, -0.15) is 0 Å². The van der Waals surface area contributed by atoms with Crippen molar-refractivity contribution in [3.8, 4) is 0 Å². The Labute approximate surface area is 87.7 Å². The normalized spacial score (nSPS) is 10.8. The molecule has 6 heteroatoms. The van der Waals surface area contributed by atoms with Gasteiger partial charge in [0.25, 0.3) is 0 Å². The van der Waals surface area contributed by atoms with E-state index in [0.717, 1.165) is 17.9 Å². The Morgan fingerprint density at radius 1 is 1.47 bits per heavy atom. The summed E-state index contributed by atoms with van der Waals surface area (Å²) in [6.45, 7) is 5.54. The van der Waals surface area contributed by atoms with Crippen LogP contribution in [-0.4, -0.2) is 24.5 Å². The summed E-state index contributed by atoms with van der Waals surface area (Å²) in [6, 6.07) is 0. The number of nitrogen functional groups attached to an aromatic ring is 1. The highest BCUT2D eigenvalue weighted by atomic mass is 15.4. The molecule has 0 aromatic carbocycles. The predicted molar refractivity (Wildman–Crippen MR) is 56.2 cm³/mol. The van der Waals surface area contributed by atoms with Gasteiger partial charge in [0.05, 0.1) is 30.5 Å². The van der Waals surface area contributed by atoms with Crippen LogP contribution >= 0.6 is 0 Å². The van der Waals surface area contributed by atoms with Crippen molar-refractivity contribution >= 4 is 5.82 Å². The minimum Gasteiger partial charge on any atom is -0.381 e. The molecule has 0 atom stereocenters. The molecule has 0 spiro atoms. The van der Waals surface area contributed by atoms with Crippen molar-refractivity contribution in [3.63, 3.8) is 0 Å². The summed E-state index contributed by atoms with van der Waals surface area (Å²) in [5.41, 5.74) is 7.61. The zero-order chi connectivity index (χ0) is 10.8. The molecular weight excluding hydrogens is 192 g/mol. The van der Waals surface area contributed by atoms with Crippen LogP contribution in [0.5, 0.6) is 0 Å². The molecule has 0 amide bonds. The first-order valence-corrected chi connectivity index (χ1v) is 4.87. The lowest BCUT2D eigenvalue weighted by Gasteiger charge is -2.05. The Bertz CT molecular complexity index is 455. The fraction of sp³-hybridized carbons (Fsp3) is 0.444. The maximum absolute atomic E-state index is 5.62. The number of hydrogen-bond donors (Lipinski definition) is 1. The second-order valence-corrected chi connectivity index (χ2v) is 3.39. The first-order valence-electron chi connectivity index (χ1n) is 4.87. The average molecular weight is 206 g/mol. The van der Waals surface area contributed by atoms with Crippen LogP contribution in [0.25, 0.3) is 0 Å². The molecule has 2 aromatic rings. The van der Waals surface area contributed by atoms with Gasteiger partial charge in [-0.1, -0.05) is 5.21 Å². The zero-order valence-electron chi connectivity index (χ0n) is 8.88. The van der Waals surface area contributed by atoms with Crippen LogP contribution in [0.15, 0.2) is 12.5 Å². The topological polar surface area (TPSA) is 74.5 Å². The third-order valence-electron chi connectivity index (χ3n) is 2.47. The fourth-order valence-corrected chi connectivity index (χ4v) is 1.44.